The van der Waals surface area contributed by atoms with E-state index in [0.29, 0.717) is 12.0 Å². The maximum Gasteiger partial charge on any atom is 0.334 e. The Morgan fingerprint density at radius 3 is 2.63 bits per heavy atom. The lowest BCUT2D eigenvalue weighted by molar-refractivity contribution is -0.217. The molecular formula is C15H22O4. The first-order chi connectivity index (χ1) is 8.77. The molecule has 1 saturated heterocycles. The van der Waals surface area contributed by atoms with Crippen LogP contribution in [0.3, 0.4) is 0 Å². The van der Waals surface area contributed by atoms with E-state index in [1.54, 1.807) is 6.92 Å². The van der Waals surface area contributed by atoms with Crippen molar-refractivity contribution in [2.45, 2.75) is 57.3 Å². The van der Waals surface area contributed by atoms with Gasteiger partial charge in [0, 0.05) is 17.4 Å². The van der Waals surface area contributed by atoms with Crippen molar-refractivity contribution in [3.63, 3.8) is 0 Å². The standard InChI is InChI=1S/C15H22O4/c1-8-9-4-6-14(2)7-5-10(16)15(3,18)12(14)11(9)19-13(8)17/h9-12,16,18H,1,4-7H2,2-3H3/t9-,10-,11-,12+,14-,15+/m1/s1. The molecule has 0 unspecified atom stereocenters. The largest absolute Gasteiger partial charge is 0.458 e. The third-order valence-electron chi connectivity index (χ3n) is 5.75. The SMILES string of the molecule is C=C1C(=O)O[C@@H]2[C@@H]1CC[C@]1(C)CC[C@@H](O)[C@](C)(O)[C@@H]21. The molecule has 0 aromatic carbocycles. The second-order valence-corrected chi connectivity index (χ2v) is 6.95. The summed E-state index contributed by atoms with van der Waals surface area (Å²) < 4.78 is 5.49. The number of aliphatic hydroxyl groups is 2. The highest BCUT2D eigenvalue weighted by Gasteiger charge is 2.62. The van der Waals surface area contributed by atoms with Crippen LogP contribution in [-0.4, -0.2) is 34.0 Å². The zero-order valence-electron chi connectivity index (χ0n) is 11.6. The van der Waals surface area contributed by atoms with Crippen molar-refractivity contribution in [3.8, 4) is 0 Å². The third kappa shape index (κ3) is 1.62. The van der Waals surface area contributed by atoms with Gasteiger partial charge in [0.15, 0.2) is 0 Å². The highest BCUT2D eigenvalue weighted by molar-refractivity contribution is 5.90. The monoisotopic (exact) mass is 266 g/mol. The van der Waals surface area contributed by atoms with Crippen LogP contribution in [0.5, 0.6) is 0 Å². The van der Waals surface area contributed by atoms with Gasteiger partial charge in [0.2, 0.25) is 0 Å². The van der Waals surface area contributed by atoms with E-state index in [1.807, 2.05) is 0 Å². The molecule has 1 aliphatic heterocycles. The normalized spacial score (nSPS) is 53.5. The summed E-state index contributed by atoms with van der Waals surface area (Å²) in [6, 6.07) is 0. The number of carbonyl (C=O) groups is 1. The van der Waals surface area contributed by atoms with Crippen molar-refractivity contribution in [3.05, 3.63) is 12.2 Å². The van der Waals surface area contributed by atoms with Crippen LogP contribution in [0, 0.1) is 17.3 Å². The van der Waals surface area contributed by atoms with E-state index < -0.39 is 11.7 Å². The quantitative estimate of drug-likeness (QED) is 0.514. The molecule has 2 saturated carbocycles. The van der Waals surface area contributed by atoms with Crippen molar-refractivity contribution in [2.75, 3.05) is 0 Å². The molecule has 0 spiro atoms. The molecule has 4 heteroatoms. The Balaban J connectivity index is 2.02. The van der Waals surface area contributed by atoms with E-state index in [4.69, 9.17) is 4.74 Å². The van der Waals surface area contributed by atoms with E-state index in [-0.39, 0.29) is 29.3 Å². The summed E-state index contributed by atoms with van der Waals surface area (Å²) in [6.45, 7) is 7.65. The maximum absolute atomic E-state index is 11.7. The Bertz CT molecular complexity index is 437. The lowest BCUT2D eigenvalue weighted by atomic mass is 9.51. The van der Waals surface area contributed by atoms with E-state index in [9.17, 15) is 15.0 Å². The fourth-order valence-corrected chi connectivity index (χ4v) is 4.59. The molecule has 0 radical (unpaired) electrons. The van der Waals surface area contributed by atoms with Crippen LogP contribution in [-0.2, 0) is 9.53 Å². The molecule has 1 heterocycles. The van der Waals surface area contributed by atoms with Gasteiger partial charge in [-0.15, -0.1) is 0 Å². The van der Waals surface area contributed by atoms with Crippen molar-refractivity contribution >= 4 is 5.97 Å². The Kier molecular flexibility index (Phi) is 2.64. The summed E-state index contributed by atoms with van der Waals surface area (Å²) in [6.07, 6.45) is 2.21. The number of fused-ring (bicyclic) bond motifs is 3. The molecule has 3 aliphatic rings. The lowest BCUT2D eigenvalue weighted by Gasteiger charge is -2.57. The van der Waals surface area contributed by atoms with E-state index in [1.165, 1.54) is 0 Å². The highest BCUT2D eigenvalue weighted by Crippen LogP contribution is 2.58. The molecule has 0 aromatic rings. The van der Waals surface area contributed by atoms with E-state index >= 15 is 0 Å². The van der Waals surface area contributed by atoms with Crippen molar-refractivity contribution in [2.24, 2.45) is 17.3 Å². The van der Waals surface area contributed by atoms with Crippen LogP contribution in [0.2, 0.25) is 0 Å². The second kappa shape index (κ2) is 3.83. The number of rotatable bonds is 0. The number of aliphatic hydroxyl groups excluding tert-OH is 1. The summed E-state index contributed by atoms with van der Waals surface area (Å²) in [5.74, 6) is -0.553. The molecular weight excluding hydrogens is 244 g/mol. The first kappa shape index (κ1) is 13.1. The number of esters is 1. The summed E-state index contributed by atoms with van der Waals surface area (Å²) >= 11 is 0. The molecule has 2 N–H and O–H groups in total. The van der Waals surface area contributed by atoms with Gasteiger partial charge >= 0.3 is 5.97 Å². The predicted octanol–water partition coefficient (Wildman–Crippen LogP) is 1.41. The lowest BCUT2D eigenvalue weighted by Crippen LogP contribution is -2.63. The molecule has 3 fully saturated rings. The zero-order chi connectivity index (χ0) is 14.0. The van der Waals surface area contributed by atoms with Gasteiger partial charge in [-0.2, -0.15) is 0 Å². The average molecular weight is 266 g/mol. The van der Waals surface area contributed by atoms with Crippen LogP contribution in [0.4, 0.5) is 0 Å². The average Bonchev–Trinajstić information content (AvgIpc) is 2.60. The molecule has 2 aliphatic carbocycles. The van der Waals surface area contributed by atoms with Gasteiger partial charge in [0.1, 0.15) is 6.10 Å². The molecule has 0 amide bonds. The van der Waals surface area contributed by atoms with Gasteiger partial charge in [0.05, 0.1) is 11.7 Å². The molecule has 0 bridgehead atoms. The summed E-state index contributed by atoms with van der Waals surface area (Å²) in [4.78, 5) is 11.7. The maximum atomic E-state index is 11.7. The minimum Gasteiger partial charge on any atom is -0.458 e. The molecule has 3 rings (SSSR count). The predicted molar refractivity (Wildman–Crippen MR) is 69.2 cm³/mol. The summed E-state index contributed by atoms with van der Waals surface area (Å²) in [5, 5.41) is 20.9. The first-order valence-corrected chi connectivity index (χ1v) is 7.07. The fraction of sp³-hybridized carbons (Fsp3) is 0.800. The van der Waals surface area contributed by atoms with Gasteiger partial charge in [-0.1, -0.05) is 13.5 Å². The van der Waals surface area contributed by atoms with Crippen LogP contribution in [0.1, 0.15) is 39.5 Å². The molecule has 0 aromatic heterocycles. The van der Waals surface area contributed by atoms with Crippen LogP contribution in [0.15, 0.2) is 12.2 Å². The number of ether oxygens (including phenoxy) is 1. The second-order valence-electron chi connectivity index (χ2n) is 6.95. The third-order valence-corrected chi connectivity index (χ3v) is 5.75. The first-order valence-electron chi connectivity index (χ1n) is 7.07. The number of carbonyl (C=O) groups excluding carboxylic acids is 1. The molecule has 106 valence electrons. The van der Waals surface area contributed by atoms with Gasteiger partial charge in [-0.25, -0.2) is 4.79 Å². The number of hydrogen-bond donors (Lipinski definition) is 2. The van der Waals surface area contributed by atoms with Crippen LogP contribution in [0.25, 0.3) is 0 Å². The van der Waals surface area contributed by atoms with Gasteiger partial charge in [-0.05, 0) is 38.0 Å². The Hall–Kier alpha value is -0.870. The molecule has 6 atom stereocenters. The van der Waals surface area contributed by atoms with E-state index in [0.717, 1.165) is 19.3 Å². The zero-order valence-corrected chi connectivity index (χ0v) is 11.6. The smallest absolute Gasteiger partial charge is 0.334 e. The van der Waals surface area contributed by atoms with Gasteiger partial charge < -0.3 is 14.9 Å². The van der Waals surface area contributed by atoms with E-state index in [2.05, 4.69) is 13.5 Å². The van der Waals surface area contributed by atoms with Crippen molar-refractivity contribution in [1.82, 2.24) is 0 Å². The minimum atomic E-state index is -1.21. The Labute approximate surface area is 113 Å². The minimum absolute atomic E-state index is 0.00218. The van der Waals surface area contributed by atoms with Crippen molar-refractivity contribution in [1.29, 1.82) is 0 Å². The summed E-state index contributed by atoms with van der Waals surface area (Å²) in [7, 11) is 0. The van der Waals surface area contributed by atoms with Gasteiger partial charge in [0.25, 0.3) is 0 Å². The number of hydrogen-bond acceptors (Lipinski definition) is 4. The van der Waals surface area contributed by atoms with Gasteiger partial charge in [-0.3, -0.25) is 0 Å². The fourth-order valence-electron chi connectivity index (χ4n) is 4.59. The van der Waals surface area contributed by atoms with Crippen molar-refractivity contribution < 1.29 is 19.7 Å². The Morgan fingerprint density at radius 2 is 1.95 bits per heavy atom. The van der Waals surface area contributed by atoms with Crippen LogP contribution < -0.4 is 0 Å². The molecule has 4 nitrogen and oxygen atoms in total. The van der Waals surface area contributed by atoms with Crippen LogP contribution >= 0.6 is 0 Å². The topological polar surface area (TPSA) is 66.8 Å². The summed E-state index contributed by atoms with van der Waals surface area (Å²) in [5.41, 5.74) is -0.751. The highest BCUT2D eigenvalue weighted by atomic mass is 16.6. The Morgan fingerprint density at radius 1 is 1.32 bits per heavy atom. The molecule has 19 heavy (non-hydrogen) atoms.